The molecule has 0 fully saturated rings. The number of ether oxygens (including phenoxy) is 1. The lowest BCUT2D eigenvalue weighted by Crippen LogP contribution is -2.11. The molecule has 1 N–H and O–H groups in total. The molecule has 0 unspecified atom stereocenters. The zero-order valence-corrected chi connectivity index (χ0v) is 10.9. The van der Waals surface area contributed by atoms with Crippen LogP contribution in [0.2, 0.25) is 5.02 Å². The number of nitrogens with one attached hydrogen (secondary N) is 1. The maximum absolute atomic E-state index is 5.82. The van der Waals surface area contributed by atoms with E-state index >= 15 is 0 Å². The van der Waals surface area contributed by atoms with E-state index in [0.29, 0.717) is 5.02 Å². The molecule has 0 bridgehead atoms. The second-order valence-corrected chi connectivity index (χ2v) is 4.30. The summed E-state index contributed by atoms with van der Waals surface area (Å²) in [7, 11) is 0. The Bertz CT molecular complexity index is 499. The van der Waals surface area contributed by atoms with Crippen LogP contribution in [-0.4, -0.2) is 11.5 Å². The summed E-state index contributed by atoms with van der Waals surface area (Å²) in [5, 5.41) is 3.95. The van der Waals surface area contributed by atoms with E-state index in [1.165, 1.54) is 0 Å². The van der Waals surface area contributed by atoms with Gasteiger partial charge in [0.25, 0.3) is 0 Å². The van der Waals surface area contributed by atoms with E-state index in [4.69, 9.17) is 16.3 Å². The molecule has 1 heterocycles. The highest BCUT2D eigenvalue weighted by molar-refractivity contribution is 6.30. The van der Waals surface area contributed by atoms with Gasteiger partial charge in [0.05, 0.1) is 6.20 Å². The normalized spacial score (nSPS) is 10.3. The summed E-state index contributed by atoms with van der Waals surface area (Å²) in [4.78, 5) is 4.16. The van der Waals surface area contributed by atoms with Gasteiger partial charge >= 0.3 is 0 Å². The van der Waals surface area contributed by atoms with E-state index in [1.807, 2.05) is 24.4 Å². The molecule has 18 heavy (non-hydrogen) atoms. The Morgan fingerprint density at radius 2 is 1.94 bits per heavy atom. The van der Waals surface area contributed by atoms with Crippen molar-refractivity contribution < 1.29 is 4.74 Å². The molecule has 0 aliphatic carbocycles. The molecule has 0 aliphatic heterocycles. The standard InChI is InChI=1S/C14H15ClN2O/c1-2-16-8-11-7-14(10-17-9-11)18-13-5-3-12(15)4-6-13/h3-7,9-10,16H,2,8H2,1H3. The van der Waals surface area contributed by atoms with E-state index in [-0.39, 0.29) is 0 Å². The number of nitrogens with zero attached hydrogens (tertiary/aromatic N) is 1. The van der Waals surface area contributed by atoms with Crippen LogP contribution in [0.25, 0.3) is 0 Å². The van der Waals surface area contributed by atoms with Gasteiger partial charge in [0, 0.05) is 17.8 Å². The molecule has 4 heteroatoms. The van der Waals surface area contributed by atoms with E-state index in [9.17, 15) is 0 Å². The lowest BCUT2D eigenvalue weighted by atomic mass is 10.2. The molecule has 0 spiro atoms. The van der Waals surface area contributed by atoms with Gasteiger partial charge in [0.15, 0.2) is 0 Å². The number of hydrogen-bond donors (Lipinski definition) is 1. The van der Waals surface area contributed by atoms with Crippen molar-refractivity contribution in [1.29, 1.82) is 0 Å². The van der Waals surface area contributed by atoms with Crippen molar-refractivity contribution in [1.82, 2.24) is 10.3 Å². The molecule has 2 aromatic rings. The van der Waals surface area contributed by atoms with Crippen LogP contribution in [0.1, 0.15) is 12.5 Å². The average Bonchev–Trinajstić information content (AvgIpc) is 2.40. The molecule has 94 valence electrons. The lowest BCUT2D eigenvalue weighted by molar-refractivity contribution is 0.479. The molecule has 0 radical (unpaired) electrons. The molecule has 2 rings (SSSR count). The third-order valence-electron chi connectivity index (χ3n) is 2.40. The minimum atomic E-state index is 0.696. The van der Waals surface area contributed by atoms with Crippen LogP contribution in [0, 0.1) is 0 Å². The summed E-state index contributed by atoms with van der Waals surface area (Å²) in [5.41, 5.74) is 1.10. The summed E-state index contributed by atoms with van der Waals surface area (Å²) < 4.78 is 5.71. The summed E-state index contributed by atoms with van der Waals surface area (Å²) in [5.74, 6) is 1.48. The summed E-state index contributed by atoms with van der Waals surface area (Å²) >= 11 is 5.82. The van der Waals surface area contributed by atoms with Crippen molar-refractivity contribution in [2.45, 2.75) is 13.5 Å². The van der Waals surface area contributed by atoms with Crippen LogP contribution in [0.15, 0.2) is 42.7 Å². The van der Waals surface area contributed by atoms with Crippen molar-refractivity contribution in [3.63, 3.8) is 0 Å². The number of rotatable bonds is 5. The maximum atomic E-state index is 5.82. The van der Waals surface area contributed by atoms with Crippen molar-refractivity contribution in [3.05, 3.63) is 53.3 Å². The van der Waals surface area contributed by atoms with Gasteiger partial charge in [-0.2, -0.15) is 0 Å². The fourth-order valence-electron chi connectivity index (χ4n) is 1.52. The predicted octanol–water partition coefficient (Wildman–Crippen LogP) is 3.64. The van der Waals surface area contributed by atoms with Crippen molar-refractivity contribution in [2.75, 3.05) is 6.54 Å². The fourth-order valence-corrected chi connectivity index (χ4v) is 1.65. The Labute approximate surface area is 112 Å². The number of hydrogen-bond acceptors (Lipinski definition) is 3. The zero-order chi connectivity index (χ0) is 12.8. The smallest absolute Gasteiger partial charge is 0.146 e. The van der Waals surface area contributed by atoms with Crippen LogP contribution in [0.5, 0.6) is 11.5 Å². The first-order chi connectivity index (χ1) is 8.78. The third-order valence-corrected chi connectivity index (χ3v) is 2.65. The molecule has 0 saturated carbocycles. The maximum Gasteiger partial charge on any atom is 0.146 e. The molecular formula is C14H15ClN2O. The number of halogens is 1. The van der Waals surface area contributed by atoms with Crippen molar-refractivity contribution >= 4 is 11.6 Å². The molecule has 0 aliphatic rings. The van der Waals surface area contributed by atoms with E-state index in [0.717, 1.165) is 30.2 Å². The van der Waals surface area contributed by atoms with Crippen LogP contribution in [0.3, 0.4) is 0 Å². The minimum Gasteiger partial charge on any atom is -0.456 e. The highest BCUT2D eigenvalue weighted by atomic mass is 35.5. The van der Waals surface area contributed by atoms with Crippen LogP contribution in [-0.2, 0) is 6.54 Å². The van der Waals surface area contributed by atoms with Crippen LogP contribution >= 0.6 is 11.6 Å². The van der Waals surface area contributed by atoms with Crippen molar-refractivity contribution in [2.24, 2.45) is 0 Å². The SMILES string of the molecule is CCNCc1cncc(Oc2ccc(Cl)cc2)c1. The molecule has 1 aromatic heterocycles. The summed E-state index contributed by atoms with van der Waals surface area (Å²) in [6.07, 6.45) is 3.53. The molecule has 3 nitrogen and oxygen atoms in total. The summed E-state index contributed by atoms with van der Waals surface area (Å²) in [6, 6.07) is 9.24. The topological polar surface area (TPSA) is 34.2 Å². The Morgan fingerprint density at radius 3 is 2.67 bits per heavy atom. The van der Waals surface area contributed by atoms with Gasteiger partial charge < -0.3 is 10.1 Å². The first-order valence-electron chi connectivity index (χ1n) is 5.86. The molecule has 0 amide bonds. The zero-order valence-electron chi connectivity index (χ0n) is 10.2. The number of aromatic nitrogens is 1. The van der Waals surface area contributed by atoms with Crippen LogP contribution in [0.4, 0.5) is 0 Å². The largest absolute Gasteiger partial charge is 0.456 e. The Morgan fingerprint density at radius 1 is 1.17 bits per heavy atom. The van der Waals surface area contributed by atoms with Gasteiger partial charge in [-0.1, -0.05) is 18.5 Å². The second kappa shape index (κ2) is 6.38. The van der Waals surface area contributed by atoms with Gasteiger partial charge in [-0.25, -0.2) is 0 Å². The number of pyridine rings is 1. The molecular weight excluding hydrogens is 248 g/mol. The van der Waals surface area contributed by atoms with E-state index in [1.54, 1.807) is 18.3 Å². The first-order valence-corrected chi connectivity index (χ1v) is 6.24. The Hall–Kier alpha value is -1.58. The van der Waals surface area contributed by atoms with Gasteiger partial charge in [-0.3, -0.25) is 4.98 Å². The first kappa shape index (κ1) is 12.9. The molecule has 0 saturated heterocycles. The Balaban J connectivity index is 2.06. The van der Waals surface area contributed by atoms with Gasteiger partial charge in [-0.05, 0) is 42.4 Å². The Kier molecular flexibility index (Phi) is 4.56. The van der Waals surface area contributed by atoms with Gasteiger partial charge in [0.1, 0.15) is 11.5 Å². The van der Waals surface area contributed by atoms with Gasteiger partial charge in [-0.15, -0.1) is 0 Å². The fraction of sp³-hybridized carbons (Fsp3) is 0.214. The minimum absolute atomic E-state index is 0.696. The monoisotopic (exact) mass is 262 g/mol. The third kappa shape index (κ3) is 3.72. The average molecular weight is 263 g/mol. The lowest BCUT2D eigenvalue weighted by Gasteiger charge is -2.07. The van der Waals surface area contributed by atoms with Crippen molar-refractivity contribution in [3.8, 4) is 11.5 Å². The van der Waals surface area contributed by atoms with Crippen LogP contribution < -0.4 is 10.1 Å². The predicted molar refractivity (Wildman–Crippen MR) is 73.1 cm³/mol. The number of benzene rings is 1. The highest BCUT2D eigenvalue weighted by Gasteiger charge is 2.00. The van der Waals surface area contributed by atoms with E-state index < -0.39 is 0 Å². The quantitative estimate of drug-likeness (QED) is 0.893. The molecule has 0 atom stereocenters. The highest BCUT2D eigenvalue weighted by Crippen LogP contribution is 2.22. The molecule has 1 aromatic carbocycles. The van der Waals surface area contributed by atoms with E-state index in [2.05, 4.69) is 17.2 Å². The summed E-state index contributed by atoms with van der Waals surface area (Å²) in [6.45, 7) is 3.80. The van der Waals surface area contributed by atoms with Gasteiger partial charge in [0.2, 0.25) is 0 Å². The second-order valence-electron chi connectivity index (χ2n) is 3.87.